The van der Waals surface area contributed by atoms with Crippen molar-refractivity contribution in [2.45, 2.75) is 24.9 Å². The number of nitrogens with two attached hydrogens (primary N) is 1. The molecule has 0 bridgehead atoms. The van der Waals surface area contributed by atoms with Crippen LogP contribution in [-0.2, 0) is 4.74 Å². The molecule has 3 amide bonds. The maximum absolute atomic E-state index is 13.1. The minimum Gasteiger partial charge on any atom is -0.376 e. The maximum Gasteiger partial charge on any atom is 0.277 e. The number of rotatable bonds is 6. The summed E-state index contributed by atoms with van der Waals surface area (Å²) in [6.07, 6.45) is 1.47. The number of alkyl halides is 2. The average Bonchev–Trinajstić information content (AvgIpc) is 3.23. The summed E-state index contributed by atoms with van der Waals surface area (Å²) in [6.45, 7) is -1.03. The van der Waals surface area contributed by atoms with E-state index in [9.17, 15) is 23.2 Å². The van der Waals surface area contributed by atoms with Crippen LogP contribution in [0.25, 0.3) is 0 Å². The minimum absolute atomic E-state index is 0. The van der Waals surface area contributed by atoms with Crippen molar-refractivity contribution in [3.8, 4) is 0 Å². The van der Waals surface area contributed by atoms with E-state index in [1.165, 1.54) is 18.2 Å². The second-order valence-corrected chi connectivity index (χ2v) is 6.36. The average molecular weight is 404 g/mol. The predicted octanol–water partition coefficient (Wildman–Crippen LogP) is 1.21. The zero-order valence-electron chi connectivity index (χ0n) is 14.4. The summed E-state index contributed by atoms with van der Waals surface area (Å²) < 4.78 is 31.8. The number of hydrogen-bond acceptors (Lipinski definition) is 5. The summed E-state index contributed by atoms with van der Waals surface area (Å²) in [6, 6.07) is 3.94. The minimum atomic E-state index is -3.21. The molecule has 10 heteroatoms. The number of nitrogens with one attached hydrogen (secondary N) is 1. The van der Waals surface area contributed by atoms with E-state index in [-0.39, 0.29) is 41.7 Å². The van der Waals surface area contributed by atoms with E-state index in [1.54, 1.807) is 0 Å². The molecular weight excluding hydrogens is 384 g/mol. The molecule has 3 rings (SSSR count). The van der Waals surface area contributed by atoms with E-state index in [0.29, 0.717) is 6.61 Å². The van der Waals surface area contributed by atoms with Gasteiger partial charge >= 0.3 is 0 Å². The number of carbonyl (C=O) groups is 3. The topological polar surface area (TPSA) is 102 Å². The van der Waals surface area contributed by atoms with Gasteiger partial charge in [-0.3, -0.25) is 19.3 Å². The maximum atomic E-state index is 13.1. The van der Waals surface area contributed by atoms with Gasteiger partial charge in [-0.25, -0.2) is 8.78 Å². The first-order valence-corrected chi connectivity index (χ1v) is 8.30. The van der Waals surface area contributed by atoms with Gasteiger partial charge in [0.15, 0.2) is 0 Å². The van der Waals surface area contributed by atoms with E-state index in [2.05, 4.69) is 5.32 Å². The number of halogens is 3. The third-order valence-electron chi connectivity index (χ3n) is 4.45. The fourth-order valence-corrected chi connectivity index (χ4v) is 2.97. The van der Waals surface area contributed by atoms with Crippen LogP contribution < -0.4 is 11.1 Å². The number of amides is 3. The molecule has 0 spiro atoms. The van der Waals surface area contributed by atoms with Crippen LogP contribution in [0.3, 0.4) is 0 Å². The molecule has 2 heterocycles. The second kappa shape index (κ2) is 8.28. The van der Waals surface area contributed by atoms with Gasteiger partial charge < -0.3 is 15.8 Å². The summed E-state index contributed by atoms with van der Waals surface area (Å²) in [5.74, 6) is -4.93. The van der Waals surface area contributed by atoms with E-state index < -0.39 is 36.7 Å². The van der Waals surface area contributed by atoms with Crippen LogP contribution in [-0.4, -0.2) is 60.9 Å². The summed E-state index contributed by atoms with van der Waals surface area (Å²) in [5.41, 5.74) is 5.23. The van der Waals surface area contributed by atoms with Crippen molar-refractivity contribution < 1.29 is 27.9 Å². The van der Waals surface area contributed by atoms with Gasteiger partial charge in [0.1, 0.15) is 0 Å². The van der Waals surface area contributed by atoms with E-state index in [1.807, 2.05) is 0 Å². The number of ether oxygens (including phenoxy) is 1. The predicted molar refractivity (Wildman–Crippen MR) is 94.4 cm³/mol. The second-order valence-electron chi connectivity index (χ2n) is 6.36. The number of fused-ring (bicyclic) bond motifs is 1. The highest BCUT2D eigenvalue weighted by molar-refractivity contribution is 6.22. The quantitative estimate of drug-likeness (QED) is 0.695. The van der Waals surface area contributed by atoms with E-state index in [4.69, 9.17) is 10.5 Å². The third-order valence-corrected chi connectivity index (χ3v) is 4.45. The van der Waals surface area contributed by atoms with Gasteiger partial charge in [-0.1, -0.05) is 0 Å². The number of benzene rings is 1. The van der Waals surface area contributed by atoms with Crippen LogP contribution in [0.1, 0.15) is 43.9 Å². The van der Waals surface area contributed by atoms with Gasteiger partial charge in [-0.05, 0) is 31.0 Å². The fraction of sp³-hybridized carbons (Fsp3) is 0.471. The molecule has 0 saturated carbocycles. The summed E-state index contributed by atoms with van der Waals surface area (Å²) in [4.78, 5) is 38.1. The Kier molecular flexibility index (Phi) is 6.50. The third kappa shape index (κ3) is 4.42. The summed E-state index contributed by atoms with van der Waals surface area (Å²) in [7, 11) is 0. The lowest BCUT2D eigenvalue weighted by Gasteiger charge is -2.17. The molecule has 148 valence electrons. The lowest BCUT2D eigenvalue weighted by molar-refractivity contribution is 0.0118. The number of carbonyl (C=O) groups excluding carboxylic acids is 3. The highest BCUT2D eigenvalue weighted by Gasteiger charge is 2.38. The Morgan fingerprint density at radius 2 is 2.00 bits per heavy atom. The van der Waals surface area contributed by atoms with Crippen LogP contribution in [0.2, 0.25) is 0 Å². The van der Waals surface area contributed by atoms with Crippen molar-refractivity contribution in [1.29, 1.82) is 0 Å². The van der Waals surface area contributed by atoms with Gasteiger partial charge in [0, 0.05) is 12.2 Å². The van der Waals surface area contributed by atoms with Crippen LogP contribution >= 0.6 is 12.4 Å². The first-order valence-electron chi connectivity index (χ1n) is 8.30. The van der Waals surface area contributed by atoms with Crippen molar-refractivity contribution >= 4 is 30.1 Å². The number of hydrogen-bond donors (Lipinski definition) is 2. The number of imide groups is 1. The first kappa shape index (κ1) is 21.2. The molecular formula is C17H20ClF2N3O4. The molecule has 0 radical (unpaired) electrons. The van der Waals surface area contributed by atoms with Gasteiger partial charge in [-0.15, -0.1) is 12.4 Å². The molecule has 1 fully saturated rings. The van der Waals surface area contributed by atoms with Gasteiger partial charge in [-0.2, -0.15) is 0 Å². The SMILES string of the molecule is Cl.NCC(F)(F)CNC(=O)c1ccc2c(c1)C(=O)N(CC1CCCO1)C2=O. The Balaban J connectivity index is 0.00000261. The highest BCUT2D eigenvalue weighted by atomic mass is 35.5. The van der Waals surface area contributed by atoms with Crippen LogP contribution in [0.5, 0.6) is 0 Å². The van der Waals surface area contributed by atoms with Gasteiger partial charge in [0.05, 0.1) is 36.9 Å². The molecule has 3 N–H and O–H groups in total. The lowest BCUT2D eigenvalue weighted by Crippen LogP contribution is -2.41. The van der Waals surface area contributed by atoms with E-state index >= 15 is 0 Å². The zero-order valence-corrected chi connectivity index (χ0v) is 15.2. The normalized spacial score (nSPS) is 19.1. The Hall–Kier alpha value is -2.10. The monoisotopic (exact) mass is 403 g/mol. The molecule has 0 aromatic heterocycles. The molecule has 7 nitrogen and oxygen atoms in total. The van der Waals surface area contributed by atoms with Crippen molar-refractivity contribution in [1.82, 2.24) is 10.2 Å². The molecule has 27 heavy (non-hydrogen) atoms. The Labute approximate surface area is 160 Å². The van der Waals surface area contributed by atoms with Crippen LogP contribution in [0.4, 0.5) is 8.78 Å². The van der Waals surface area contributed by atoms with Crippen molar-refractivity contribution in [2.75, 3.05) is 26.2 Å². The number of nitrogens with zero attached hydrogens (tertiary/aromatic N) is 1. The van der Waals surface area contributed by atoms with Crippen molar-refractivity contribution in [2.24, 2.45) is 5.73 Å². The van der Waals surface area contributed by atoms with Crippen LogP contribution in [0.15, 0.2) is 18.2 Å². The smallest absolute Gasteiger partial charge is 0.277 e. The molecule has 1 saturated heterocycles. The summed E-state index contributed by atoms with van der Waals surface area (Å²) in [5, 5.41) is 2.08. The largest absolute Gasteiger partial charge is 0.376 e. The Morgan fingerprint density at radius 1 is 1.30 bits per heavy atom. The molecule has 2 aliphatic heterocycles. The summed E-state index contributed by atoms with van der Waals surface area (Å²) >= 11 is 0. The van der Waals surface area contributed by atoms with Crippen molar-refractivity contribution in [3.63, 3.8) is 0 Å². The van der Waals surface area contributed by atoms with Crippen LogP contribution in [0, 0.1) is 0 Å². The van der Waals surface area contributed by atoms with Gasteiger partial charge in [0.25, 0.3) is 23.6 Å². The van der Waals surface area contributed by atoms with Gasteiger partial charge in [0.2, 0.25) is 0 Å². The molecule has 0 aliphatic carbocycles. The molecule has 1 aromatic rings. The zero-order chi connectivity index (χ0) is 18.9. The Morgan fingerprint density at radius 3 is 2.63 bits per heavy atom. The molecule has 1 atom stereocenters. The first-order chi connectivity index (χ1) is 12.3. The Bertz CT molecular complexity index is 754. The van der Waals surface area contributed by atoms with Crippen molar-refractivity contribution in [3.05, 3.63) is 34.9 Å². The highest BCUT2D eigenvalue weighted by Crippen LogP contribution is 2.26. The lowest BCUT2D eigenvalue weighted by atomic mass is 10.1. The molecule has 1 unspecified atom stereocenters. The van der Waals surface area contributed by atoms with E-state index in [0.717, 1.165) is 17.7 Å². The fourth-order valence-electron chi connectivity index (χ4n) is 2.97. The molecule has 2 aliphatic rings. The standard InChI is InChI=1S/C17H19F2N3O4.ClH/c18-17(19,8-20)9-21-14(23)10-3-4-12-13(6-10)16(25)22(15(12)24)7-11-2-1-5-26-11;/h3-4,6,11H,1-2,5,7-9,20H2,(H,21,23);1H. The molecule has 1 aromatic carbocycles.